The van der Waals surface area contributed by atoms with Gasteiger partial charge in [0.1, 0.15) is 0 Å². The Labute approximate surface area is 279 Å². The molecule has 1 aliphatic rings. The number of aryl methyl sites for hydroxylation is 2. The predicted octanol–water partition coefficient (Wildman–Crippen LogP) is 10.3. The molecule has 8 heteroatoms. The Morgan fingerprint density at radius 2 is 1.51 bits per heavy atom. The Kier molecular flexibility index (Phi) is 12.4. The number of ether oxygens (including phenoxy) is 1. The minimum absolute atomic E-state index is 0.533. The Hall–Kier alpha value is -2.45. The summed E-state index contributed by atoms with van der Waals surface area (Å²) >= 11 is 3.69. The number of halogens is 1. The summed E-state index contributed by atoms with van der Waals surface area (Å²) in [4.78, 5) is 4.88. The zero-order chi connectivity index (χ0) is 31.6. The van der Waals surface area contributed by atoms with Gasteiger partial charge in [-0.3, -0.25) is 4.98 Å². The van der Waals surface area contributed by atoms with Crippen LogP contribution < -0.4 is 4.74 Å². The van der Waals surface area contributed by atoms with Gasteiger partial charge in [0, 0.05) is 23.0 Å². The van der Waals surface area contributed by atoms with Crippen molar-refractivity contribution < 1.29 is 4.74 Å². The standard InChI is InChI=1S/C25H23ClN5O.3C4H9.Sn/c1-2-19-14-24(21-5-3-4-6-23(21)27-19)32-15-16-7-9-17(10-8-16)20-12-11-18(26)13-22(20)25-28-30-31-29-25;3*1-3-4-2;/h7-14H,2-6,15H2,1H3;3*1,3-4H2,2H3;/q-1;;;;+1. The fraction of sp³-hybridized carbons (Fsp3) is 0.514. The Morgan fingerprint density at radius 1 is 0.822 bits per heavy atom. The van der Waals surface area contributed by atoms with E-state index in [0.717, 1.165) is 53.0 Å². The molecule has 0 saturated carbocycles. The summed E-state index contributed by atoms with van der Waals surface area (Å²) in [6.45, 7) is 9.57. The van der Waals surface area contributed by atoms with E-state index in [1.54, 1.807) is 0 Å². The number of hydrogen-bond donors (Lipinski definition) is 0. The molecule has 5 rings (SSSR count). The zero-order valence-corrected chi connectivity index (χ0v) is 31.4. The van der Waals surface area contributed by atoms with Crippen LogP contribution in [-0.2, 0) is 25.9 Å². The van der Waals surface area contributed by atoms with Crippen molar-refractivity contribution in [3.8, 4) is 28.3 Å². The topological polar surface area (TPSA) is 65.7 Å². The first-order chi connectivity index (χ1) is 22.0. The van der Waals surface area contributed by atoms with Crippen LogP contribution in [0.5, 0.6) is 5.75 Å². The van der Waals surface area contributed by atoms with Gasteiger partial charge in [0.05, 0.1) is 0 Å². The molecule has 2 aromatic heterocycles. The van der Waals surface area contributed by atoms with E-state index in [2.05, 4.69) is 67.1 Å². The van der Waals surface area contributed by atoms with Crippen LogP contribution in [0.2, 0.25) is 18.3 Å². The second kappa shape index (κ2) is 16.4. The number of unbranched alkanes of at least 4 members (excludes halogenated alkanes) is 3. The quantitative estimate of drug-likeness (QED) is 0.107. The summed E-state index contributed by atoms with van der Waals surface area (Å²) in [6, 6.07) is 16.8. The number of benzene rings is 2. The van der Waals surface area contributed by atoms with Gasteiger partial charge in [-0.1, -0.05) is 6.92 Å². The SMILES string of the molecule is CCC[CH2][Sn]([CH2]CCC)([CH2]CCC)[n]1nnc(-c2cc(Cl)ccc2-c2ccc(COc3cc(CC)nc4c3CCCC4)cc2)n1. The zero-order valence-electron chi connectivity index (χ0n) is 27.7. The van der Waals surface area contributed by atoms with Crippen LogP contribution in [0.4, 0.5) is 0 Å². The van der Waals surface area contributed by atoms with E-state index >= 15 is 0 Å². The summed E-state index contributed by atoms with van der Waals surface area (Å²) in [5.74, 6) is 1.69. The summed E-state index contributed by atoms with van der Waals surface area (Å²) in [5, 5.41) is 15.3. The number of fused-ring (bicyclic) bond motifs is 1. The normalized spacial score (nSPS) is 13.2. The molecule has 240 valence electrons. The van der Waals surface area contributed by atoms with E-state index in [1.807, 2.05) is 12.1 Å². The van der Waals surface area contributed by atoms with Gasteiger partial charge in [0.25, 0.3) is 0 Å². The van der Waals surface area contributed by atoms with Crippen LogP contribution in [0.15, 0.2) is 48.5 Å². The van der Waals surface area contributed by atoms with E-state index < -0.39 is 18.7 Å². The van der Waals surface area contributed by atoms with Crippen LogP contribution in [0, 0.1) is 0 Å². The molecule has 0 unspecified atom stereocenters. The van der Waals surface area contributed by atoms with Crippen molar-refractivity contribution in [3.05, 3.63) is 76.1 Å². The second-order valence-electron chi connectivity index (χ2n) is 12.7. The van der Waals surface area contributed by atoms with E-state index in [0.29, 0.717) is 17.5 Å². The average molecular weight is 735 g/mol. The molecule has 6 nitrogen and oxygen atoms in total. The second-order valence-corrected chi connectivity index (χ2v) is 25.6. The van der Waals surface area contributed by atoms with Gasteiger partial charge < -0.3 is 0 Å². The summed E-state index contributed by atoms with van der Waals surface area (Å²) < 4.78 is 12.4. The molecule has 0 saturated heterocycles. The van der Waals surface area contributed by atoms with Crippen molar-refractivity contribution in [1.82, 2.24) is 23.4 Å². The van der Waals surface area contributed by atoms with Gasteiger partial charge in [-0.05, 0) is 32.1 Å². The first kappa shape index (κ1) is 33.9. The summed E-state index contributed by atoms with van der Waals surface area (Å²) in [5.41, 5.74) is 7.90. The van der Waals surface area contributed by atoms with Gasteiger partial charge in [-0.2, -0.15) is 0 Å². The first-order valence-corrected chi connectivity index (χ1v) is 25.0. The molecule has 4 aromatic rings. The number of tetrazole rings is 1. The van der Waals surface area contributed by atoms with Gasteiger partial charge in [0.2, 0.25) is 0 Å². The van der Waals surface area contributed by atoms with Gasteiger partial charge in [-0.15, -0.1) is 0 Å². The van der Waals surface area contributed by atoms with Gasteiger partial charge in [-0.25, -0.2) is 0 Å². The third kappa shape index (κ3) is 8.29. The summed E-state index contributed by atoms with van der Waals surface area (Å²) in [7, 11) is 0. The van der Waals surface area contributed by atoms with Crippen LogP contribution in [0.1, 0.15) is 102 Å². The fourth-order valence-electron chi connectivity index (χ4n) is 6.64. The molecule has 45 heavy (non-hydrogen) atoms. The van der Waals surface area contributed by atoms with E-state index in [-0.39, 0.29) is 0 Å². The van der Waals surface area contributed by atoms with Crippen LogP contribution in [-0.4, -0.2) is 42.1 Å². The molecule has 0 spiro atoms. The molecule has 0 radical (unpaired) electrons. The average Bonchev–Trinajstić information content (AvgIpc) is 3.58. The molecule has 1 aliphatic carbocycles. The molecular formula is C37H50ClN5OSn. The van der Waals surface area contributed by atoms with Crippen molar-refractivity contribution in [3.63, 3.8) is 0 Å². The van der Waals surface area contributed by atoms with Crippen molar-refractivity contribution >= 4 is 30.3 Å². The Balaban J connectivity index is 1.39. The molecular weight excluding hydrogens is 685 g/mol. The van der Waals surface area contributed by atoms with Crippen LogP contribution in [0.3, 0.4) is 0 Å². The molecule has 0 atom stereocenters. The van der Waals surface area contributed by atoms with E-state index in [4.69, 9.17) is 36.7 Å². The first-order valence-electron chi connectivity index (χ1n) is 17.3. The monoisotopic (exact) mass is 735 g/mol. The molecule has 2 aromatic carbocycles. The number of pyridine rings is 1. The molecule has 0 aliphatic heterocycles. The van der Waals surface area contributed by atoms with E-state index in [1.165, 1.54) is 75.9 Å². The Morgan fingerprint density at radius 3 is 2.18 bits per heavy atom. The molecule has 0 N–H and O–H groups in total. The van der Waals surface area contributed by atoms with E-state index in [9.17, 15) is 0 Å². The van der Waals surface area contributed by atoms with Gasteiger partial charge >= 0.3 is 214 Å². The molecule has 0 amide bonds. The molecule has 0 bridgehead atoms. The fourth-order valence-corrected chi connectivity index (χ4v) is 20.9. The van der Waals surface area contributed by atoms with Crippen molar-refractivity contribution in [2.45, 2.75) is 118 Å². The maximum absolute atomic E-state index is 6.56. The molecule has 0 fully saturated rings. The number of nitrogens with zero attached hydrogens (tertiary/aromatic N) is 5. The predicted molar refractivity (Wildman–Crippen MR) is 189 cm³/mol. The number of hydrogen-bond acceptors (Lipinski definition) is 5. The minimum atomic E-state index is -2.88. The molecule has 2 heterocycles. The summed E-state index contributed by atoms with van der Waals surface area (Å²) in [6.07, 6.45) is 12.8. The third-order valence-electron chi connectivity index (χ3n) is 9.38. The van der Waals surface area contributed by atoms with Gasteiger partial charge in [0.15, 0.2) is 0 Å². The maximum atomic E-state index is 6.56. The van der Waals surface area contributed by atoms with Crippen molar-refractivity contribution in [2.75, 3.05) is 0 Å². The number of rotatable bonds is 16. The number of aromatic nitrogens is 5. The van der Waals surface area contributed by atoms with Crippen LogP contribution >= 0.6 is 11.6 Å². The van der Waals surface area contributed by atoms with Crippen molar-refractivity contribution in [1.29, 1.82) is 0 Å². The third-order valence-corrected chi connectivity index (χ3v) is 23.6. The van der Waals surface area contributed by atoms with Crippen LogP contribution in [0.25, 0.3) is 22.5 Å². The van der Waals surface area contributed by atoms with Crippen molar-refractivity contribution in [2.24, 2.45) is 0 Å². The Bertz CT molecular complexity index is 1510.